The SMILES string of the molecule is COc1ccc(CCNC(=O)CSc2nc3sc(C)c(-c4ccc(F)cc4)c3c(=O)[nH]2)cc1. The average Bonchev–Trinajstić information content (AvgIpc) is 3.15. The predicted octanol–water partition coefficient (Wildman–Crippen LogP) is 4.56. The number of aromatic nitrogens is 2. The molecule has 2 heterocycles. The molecular weight excluding hydrogens is 461 g/mol. The van der Waals surface area contributed by atoms with Crippen LogP contribution in [-0.4, -0.2) is 35.3 Å². The number of carbonyl (C=O) groups excluding carboxylic acids is 1. The molecule has 2 N–H and O–H groups in total. The summed E-state index contributed by atoms with van der Waals surface area (Å²) < 4.78 is 18.4. The van der Waals surface area contributed by atoms with Crippen molar-refractivity contribution in [2.75, 3.05) is 19.4 Å². The number of hydrogen-bond donors (Lipinski definition) is 2. The van der Waals surface area contributed by atoms with Crippen molar-refractivity contribution in [3.05, 3.63) is 75.1 Å². The molecule has 4 aromatic rings. The van der Waals surface area contributed by atoms with Crippen molar-refractivity contribution in [2.45, 2.75) is 18.5 Å². The molecule has 0 bridgehead atoms. The lowest BCUT2D eigenvalue weighted by Gasteiger charge is -2.06. The standard InChI is InChI=1S/C24H22FN3O3S2/c1-14-20(16-5-7-17(25)8-6-16)21-22(30)27-24(28-23(21)33-14)32-13-19(29)26-12-11-15-3-9-18(31-2)10-4-15/h3-10H,11-13H2,1-2H3,(H,26,29)(H,27,28,30). The maximum absolute atomic E-state index is 13.3. The fraction of sp³-hybridized carbons (Fsp3) is 0.208. The van der Waals surface area contributed by atoms with Crippen LogP contribution in [0.4, 0.5) is 4.39 Å². The lowest BCUT2D eigenvalue weighted by atomic mass is 10.0. The van der Waals surface area contributed by atoms with E-state index in [1.165, 1.54) is 35.2 Å². The second-order valence-corrected chi connectivity index (χ2v) is 9.50. The molecule has 6 nitrogen and oxygen atoms in total. The second kappa shape index (κ2) is 10.2. The highest BCUT2D eigenvalue weighted by Gasteiger charge is 2.17. The van der Waals surface area contributed by atoms with Gasteiger partial charge < -0.3 is 15.0 Å². The van der Waals surface area contributed by atoms with Crippen LogP contribution in [0.3, 0.4) is 0 Å². The predicted molar refractivity (Wildman–Crippen MR) is 131 cm³/mol. The zero-order chi connectivity index (χ0) is 23.4. The third-order valence-electron chi connectivity index (χ3n) is 5.08. The van der Waals surface area contributed by atoms with E-state index in [2.05, 4.69) is 15.3 Å². The number of fused-ring (bicyclic) bond motifs is 1. The molecule has 170 valence electrons. The summed E-state index contributed by atoms with van der Waals surface area (Å²) in [7, 11) is 1.62. The molecule has 0 unspecified atom stereocenters. The zero-order valence-corrected chi connectivity index (χ0v) is 19.7. The third kappa shape index (κ3) is 5.43. The molecule has 33 heavy (non-hydrogen) atoms. The number of aryl methyl sites for hydroxylation is 1. The number of methoxy groups -OCH3 is 1. The number of thioether (sulfide) groups is 1. The van der Waals surface area contributed by atoms with Crippen LogP contribution in [0.25, 0.3) is 21.3 Å². The first kappa shape index (κ1) is 23.0. The largest absolute Gasteiger partial charge is 0.497 e. The molecule has 9 heteroatoms. The van der Waals surface area contributed by atoms with E-state index >= 15 is 0 Å². The van der Waals surface area contributed by atoms with Gasteiger partial charge in [0, 0.05) is 17.0 Å². The number of hydrogen-bond acceptors (Lipinski definition) is 6. The van der Waals surface area contributed by atoms with Gasteiger partial charge in [-0.25, -0.2) is 9.37 Å². The van der Waals surface area contributed by atoms with Gasteiger partial charge in [0.2, 0.25) is 5.91 Å². The van der Waals surface area contributed by atoms with Crippen LogP contribution in [0.15, 0.2) is 58.5 Å². The maximum Gasteiger partial charge on any atom is 0.260 e. The third-order valence-corrected chi connectivity index (χ3v) is 6.96. The molecule has 2 aromatic heterocycles. The molecule has 0 radical (unpaired) electrons. The van der Waals surface area contributed by atoms with E-state index < -0.39 is 0 Å². The number of rotatable bonds is 8. The highest BCUT2D eigenvalue weighted by molar-refractivity contribution is 7.99. The van der Waals surface area contributed by atoms with Crippen LogP contribution < -0.4 is 15.6 Å². The van der Waals surface area contributed by atoms with Crippen LogP contribution in [0, 0.1) is 12.7 Å². The van der Waals surface area contributed by atoms with Crippen LogP contribution in [0.5, 0.6) is 5.75 Å². The molecule has 0 aliphatic heterocycles. The van der Waals surface area contributed by atoms with Gasteiger partial charge in [-0.1, -0.05) is 36.0 Å². The van der Waals surface area contributed by atoms with Crippen LogP contribution in [0.2, 0.25) is 0 Å². The molecule has 1 amide bonds. The van der Waals surface area contributed by atoms with Gasteiger partial charge in [0.25, 0.3) is 5.56 Å². The van der Waals surface area contributed by atoms with Gasteiger partial charge in [-0.2, -0.15) is 0 Å². The molecule has 2 aromatic carbocycles. The van der Waals surface area contributed by atoms with Crippen molar-refractivity contribution in [1.82, 2.24) is 15.3 Å². The highest BCUT2D eigenvalue weighted by atomic mass is 32.2. The summed E-state index contributed by atoms with van der Waals surface area (Å²) in [6, 6.07) is 13.8. The molecule has 0 saturated heterocycles. The molecular formula is C24H22FN3O3S2. The Morgan fingerprint density at radius 1 is 1.18 bits per heavy atom. The number of nitrogens with zero attached hydrogens (tertiary/aromatic N) is 1. The summed E-state index contributed by atoms with van der Waals surface area (Å²) in [5.41, 5.74) is 2.36. The monoisotopic (exact) mass is 483 g/mol. The Labute approximate surface area is 198 Å². The first-order valence-electron chi connectivity index (χ1n) is 10.3. The number of halogens is 1. The second-order valence-electron chi connectivity index (χ2n) is 7.33. The van der Waals surface area contributed by atoms with Gasteiger partial charge in [-0.15, -0.1) is 11.3 Å². The van der Waals surface area contributed by atoms with Crippen LogP contribution in [-0.2, 0) is 11.2 Å². The molecule has 4 rings (SSSR count). The first-order chi connectivity index (χ1) is 15.9. The topological polar surface area (TPSA) is 84.1 Å². The van der Waals surface area contributed by atoms with E-state index in [0.717, 1.165) is 27.3 Å². The number of nitrogens with one attached hydrogen (secondary N) is 2. The Bertz CT molecular complexity index is 1330. The number of carbonyl (C=O) groups is 1. The minimum absolute atomic E-state index is 0.134. The Hall–Kier alpha value is -3.17. The van der Waals surface area contributed by atoms with E-state index in [1.807, 2.05) is 31.2 Å². The fourth-order valence-electron chi connectivity index (χ4n) is 3.46. The summed E-state index contributed by atoms with van der Waals surface area (Å²) in [4.78, 5) is 33.9. The van der Waals surface area contributed by atoms with Crippen molar-refractivity contribution in [3.63, 3.8) is 0 Å². The smallest absolute Gasteiger partial charge is 0.260 e. The lowest BCUT2D eigenvalue weighted by molar-refractivity contribution is -0.118. The molecule has 0 fully saturated rings. The van der Waals surface area contributed by atoms with Crippen LogP contribution >= 0.6 is 23.1 Å². The summed E-state index contributed by atoms with van der Waals surface area (Å²) in [6.45, 7) is 2.42. The van der Waals surface area contributed by atoms with E-state index in [0.29, 0.717) is 28.3 Å². The minimum Gasteiger partial charge on any atom is -0.497 e. The Morgan fingerprint density at radius 2 is 1.91 bits per heavy atom. The van der Waals surface area contributed by atoms with Gasteiger partial charge in [-0.05, 0) is 48.7 Å². The number of H-pyrrole nitrogens is 1. The van der Waals surface area contributed by atoms with Crippen molar-refractivity contribution in [3.8, 4) is 16.9 Å². The summed E-state index contributed by atoms with van der Waals surface area (Å²) >= 11 is 2.59. The molecule has 0 aliphatic rings. The van der Waals surface area contributed by atoms with Crippen molar-refractivity contribution in [2.24, 2.45) is 0 Å². The van der Waals surface area contributed by atoms with Crippen molar-refractivity contribution < 1.29 is 13.9 Å². The quantitative estimate of drug-likeness (QED) is 0.284. The average molecular weight is 484 g/mol. The molecule has 0 spiro atoms. The zero-order valence-electron chi connectivity index (χ0n) is 18.1. The summed E-state index contributed by atoms with van der Waals surface area (Å²) in [6.07, 6.45) is 0.710. The van der Waals surface area contributed by atoms with E-state index in [9.17, 15) is 14.0 Å². The number of aromatic amines is 1. The molecule has 0 saturated carbocycles. The highest BCUT2D eigenvalue weighted by Crippen LogP contribution is 2.36. The minimum atomic E-state index is -0.330. The maximum atomic E-state index is 13.3. The molecule has 0 atom stereocenters. The van der Waals surface area contributed by atoms with E-state index in [-0.39, 0.29) is 23.0 Å². The van der Waals surface area contributed by atoms with E-state index in [1.54, 1.807) is 19.2 Å². The van der Waals surface area contributed by atoms with Crippen LogP contribution in [0.1, 0.15) is 10.4 Å². The Morgan fingerprint density at radius 3 is 2.61 bits per heavy atom. The van der Waals surface area contributed by atoms with Gasteiger partial charge in [0.05, 0.1) is 18.2 Å². The summed E-state index contributed by atoms with van der Waals surface area (Å²) in [5.74, 6) is 0.476. The molecule has 0 aliphatic carbocycles. The number of amides is 1. The van der Waals surface area contributed by atoms with Crippen molar-refractivity contribution >= 4 is 39.2 Å². The fourth-order valence-corrected chi connectivity index (χ4v) is 5.25. The van der Waals surface area contributed by atoms with Gasteiger partial charge in [0.15, 0.2) is 5.16 Å². The van der Waals surface area contributed by atoms with Gasteiger partial charge in [-0.3, -0.25) is 9.59 Å². The summed E-state index contributed by atoms with van der Waals surface area (Å²) in [5, 5.41) is 3.76. The Balaban J connectivity index is 1.39. The number of ether oxygens (including phenoxy) is 1. The normalized spacial score (nSPS) is 11.0. The first-order valence-corrected chi connectivity index (χ1v) is 12.1. The number of benzene rings is 2. The lowest BCUT2D eigenvalue weighted by Crippen LogP contribution is -2.27. The Kier molecular flexibility index (Phi) is 7.10. The number of thiophene rings is 1. The van der Waals surface area contributed by atoms with Crippen molar-refractivity contribution in [1.29, 1.82) is 0 Å². The van der Waals surface area contributed by atoms with E-state index in [4.69, 9.17) is 4.74 Å². The van der Waals surface area contributed by atoms with Gasteiger partial charge >= 0.3 is 0 Å². The van der Waals surface area contributed by atoms with Gasteiger partial charge in [0.1, 0.15) is 16.4 Å².